The summed E-state index contributed by atoms with van der Waals surface area (Å²) in [5, 5.41) is 4.66. The first-order chi connectivity index (χ1) is 9.11. The van der Waals surface area contributed by atoms with E-state index in [0.29, 0.717) is 10.0 Å². The Balaban J connectivity index is 2.25. The molecule has 1 unspecified atom stereocenters. The molecule has 0 fully saturated rings. The molecule has 1 heterocycles. The van der Waals surface area contributed by atoms with Gasteiger partial charge in [-0.05, 0) is 43.2 Å². The van der Waals surface area contributed by atoms with Crippen molar-refractivity contribution in [3.05, 3.63) is 57.8 Å². The van der Waals surface area contributed by atoms with Crippen LogP contribution in [0.15, 0.2) is 36.5 Å². The predicted molar refractivity (Wildman–Crippen MR) is 82.1 cm³/mol. The van der Waals surface area contributed by atoms with Crippen molar-refractivity contribution in [1.29, 1.82) is 0 Å². The molecule has 0 aliphatic carbocycles. The predicted octanol–water partition coefficient (Wildman–Crippen LogP) is 5.26. The summed E-state index contributed by atoms with van der Waals surface area (Å²) < 4.78 is 0. The molecular weight excluding hydrogens is 279 g/mol. The molecule has 2 rings (SSSR count). The van der Waals surface area contributed by atoms with Gasteiger partial charge >= 0.3 is 0 Å². The minimum absolute atomic E-state index is 0.192. The smallest absolute Gasteiger partial charge is 0.0603 e. The molecule has 4 heteroatoms. The molecule has 2 nitrogen and oxygen atoms in total. The van der Waals surface area contributed by atoms with Crippen molar-refractivity contribution >= 4 is 28.9 Å². The summed E-state index contributed by atoms with van der Waals surface area (Å²) in [5.41, 5.74) is 3.15. The second kappa shape index (κ2) is 6.27. The number of pyridine rings is 1. The normalized spacial score (nSPS) is 12.2. The zero-order valence-corrected chi connectivity index (χ0v) is 12.5. The average Bonchev–Trinajstić information content (AvgIpc) is 2.41. The minimum atomic E-state index is 0.192. The van der Waals surface area contributed by atoms with Gasteiger partial charge in [0.1, 0.15) is 0 Å². The van der Waals surface area contributed by atoms with Crippen molar-refractivity contribution in [2.24, 2.45) is 0 Å². The third kappa shape index (κ3) is 3.40. The molecule has 0 saturated carbocycles. The fraction of sp³-hybridized carbons (Fsp3) is 0.267. The zero-order valence-electron chi connectivity index (χ0n) is 11.0. The van der Waals surface area contributed by atoms with Crippen molar-refractivity contribution in [3.63, 3.8) is 0 Å². The monoisotopic (exact) mass is 294 g/mol. The van der Waals surface area contributed by atoms with Gasteiger partial charge < -0.3 is 5.32 Å². The van der Waals surface area contributed by atoms with Crippen molar-refractivity contribution < 1.29 is 0 Å². The maximum atomic E-state index is 6.08. The standard InChI is InChI=1S/C15H16Cl2N2/c1-3-14(11-6-7-12(16)13(17)9-11)19-15-5-4-8-18-10(15)2/h4-9,14,19H,3H2,1-2H3. The molecule has 0 aliphatic rings. The van der Waals surface area contributed by atoms with Gasteiger partial charge in [0.25, 0.3) is 0 Å². The summed E-state index contributed by atoms with van der Waals surface area (Å²) in [7, 11) is 0. The third-order valence-electron chi connectivity index (χ3n) is 3.09. The molecule has 100 valence electrons. The van der Waals surface area contributed by atoms with Crippen LogP contribution in [0.1, 0.15) is 30.6 Å². The van der Waals surface area contributed by atoms with Gasteiger partial charge in [0.15, 0.2) is 0 Å². The number of nitrogens with one attached hydrogen (secondary N) is 1. The SMILES string of the molecule is CCC(Nc1cccnc1C)c1ccc(Cl)c(Cl)c1. The van der Waals surface area contributed by atoms with E-state index >= 15 is 0 Å². The minimum Gasteiger partial charge on any atom is -0.377 e. The van der Waals surface area contributed by atoms with Gasteiger partial charge in [0.2, 0.25) is 0 Å². The highest BCUT2D eigenvalue weighted by atomic mass is 35.5. The summed E-state index contributed by atoms with van der Waals surface area (Å²) in [6, 6.07) is 9.90. The van der Waals surface area contributed by atoms with Gasteiger partial charge in [0, 0.05) is 6.20 Å². The van der Waals surface area contributed by atoms with Crippen LogP contribution in [0, 0.1) is 6.92 Å². The molecule has 1 atom stereocenters. The van der Waals surface area contributed by atoms with Gasteiger partial charge in [-0.3, -0.25) is 4.98 Å². The average molecular weight is 295 g/mol. The Morgan fingerprint density at radius 3 is 2.63 bits per heavy atom. The quantitative estimate of drug-likeness (QED) is 0.832. The lowest BCUT2D eigenvalue weighted by atomic mass is 10.0. The first-order valence-corrected chi connectivity index (χ1v) is 7.00. The van der Waals surface area contributed by atoms with Crippen LogP contribution in [0.25, 0.3) is 0 Å². The molecule has 1 aromatic carbocycles. The van der Waals surface area contributed by atoms with E-state index in [9.17, 15) is 0 Å². The van der Waals surface area contributed by atoms with E-state index in [4.69, 9.17) is 23.2 Å². The Morgan fingerprint density at radius 1 is 1.21 bits per heavy atom. The first-order valence-electron chi connectivity index (χ1n) is 6.25. The van der Waals surface area contributed by atoms with Crippen molar-refractivity contribution in [2.45, 2.75) is 26.3 Å². The topological polar surface area (TPSA) is 24.9 Å². The molecule has 0 aliphatic heterocycles. The van der Waals surface area contributed by atoms with E-state index in [1.807, 2.05) is 37.3 Å². The van der Waals surface area contributed by atoms with Crippen molar-refractivity contribution in [1.82, 2.24) is 4.98 Å². The molecule has 19 heavy (non-hydrogen) atoms. The maximum Gasteiger partial charge on any atom is 0.0603 e. The molecule has 0 radical (unpaired) electrons. The Hall–Kier alpha value is -1.25. The molecule has 0 amide bonds. The lowest BCUT2D eigenvalue weighted by molar-refractivity contribution is 0.747. The summed E-state index contributed by atoms with van der Waals surface area (Å²) in [5.74, 6) is 0. The van der Waals surface area contributed by atoms with Gasteiger partial charge in [-0.2, -0.15) is 0 Å². The number of anilines is 1. The molecule has 2 aromatic rings. The highest BCUT2D eigenvalue weighted by molar-refractivity contribution is 6.42. The number of halogens is 2. The number of hydrogen-bond acceptors (Lipinski definition) is 2. The highest BCUT2D eigenvalue weighted by Crippen LogP contribution is 2.29. The second-order valence-electron chi connectivity index (χ2n) is 4.42. The number of nitrogens with zero attached hydrogens (tertiary/aromatic N) is 1. The van der Waals surface area contributed by atoms with Crippen LogP contribution < -0.4 is 5.32 Å². The van der Waals surface area contributed by atoms with Crippen molar-refractivity contribution in [2.75, 3.05) is 5.32 Å². The number of aromatic nitrogens is 1. The lowest BCUT2D eigenvalue weighted by Gasteiger charge is -2.20. The molecule has 1 N–H and O–H groups in total. The van der Waals surface area contributed by atoms with Crippen LogP contribution in [0.3, 0.4) is 0 Å². The summed E-state index contributed by atoms with van der Waals surface area (Å²) in [6.45, 7) is 4.12. The van der Waals surface area contributed by atoms with Gasteiger partial charge in [-0.1, -0.05) is 36.2 Å². The van der Waals surface area contributed by atoms with E-state index in [-0.39, 0.29) is 6.04 Å². The lowest BCUT2D eigenvalue weighted by Crippen LogP contribution is -2.11. The number of rotatable bonds is 4. The molecule has 1 aromatic heterocycles. The Kier molecular flexibility index (Phi) is 4.67. The summed E-state index contributed by atoms with van der Waals surface area (Å²) in [6.07, 6.45) is 2.74. The number of aryl methyl sites for hydroxylation is 1. The van der Waals surface area contributed by atoms with Crippen LogP contribution in [-0.2, 0) is 0 Å². The van der Waals surface area contributed by atoms with Crippen LogP contribution in [0.2, 0.25) is 10.0 Å². The van der Waals surface area contributed by atoms with Crippen LogP contribution in [-0.4, -0.2) is 4.98 Å². The van der Waals surface area contributed by atoms with Gasteiger partial charge in [-0.15, -0.1) is 0 Å². The third-order valence-corrected chi connectivity index (χ3v) is 3.83. The fourth-order valence-electron chi connectivity index (χ4n) is 1.97. The molecule has 0 bridgehead atoms. The van der Waals surface area contributed by atoms with Gasteiger partial charge in [-0.25, -0.2) is 0 Å². The molecule has 0 saturated heterocycles. The van der Waals surface area contributed by atoms with E-state index < -0.39 is 0 Å². The fourth-order valence-corrected chi connectivity index (χ4v) is 2.28. The van der Waals surface area contributed by atoms with Crippen LogP contribution in [0.5, 0.6) is 0 Å². The zero-order chi connectivity index (χ0) is 13.8. The van der Waals surface area contributed by atoms with E-state index in [0.717, 1.165) is 23.4 Å². The Labute approximate surface area is 123 Å². The van der Waals surface area contributed by atoms with E-state index in [1.54, 1.807) is 6.20 Å². The highest BCUT2D eigenvalue weighted by Gasteiger charge is 2.12. The summed E-state index contributed by atoms with van der Waals surface area (Å²) in [4.78, 5) is 4.28. The first kappa shape index (κ1) is 14.2. The van der Waals surface area contributed by atoms with E-state index in [2.05, 4.69) is 17.2 Å². The van der Waals surface area contributed by atoms with Crippen LogP contribution >= 0.6 is 23.2 Å². The van der Waals surface area contributed by atoms with Crippen LogP contribution in [0.4, 0.5) is 5.69 Å². The van der Waals surface area contributed by atoms with Gasteiger partial charge in [0.05, 0.1) is 27.5 Å². The number of benzene rings is 1. The summed E-state index contributed by atoms with van der Waals surface area (Å²) >= 11 is 12.0. The molecular formula is C15H16Cl2N2. The largest absolute Gasteiger partial charge is 0.377 e. The van der Waals surface area contributed by atoms with E-state index in [1.165, 1.54) is 0 Å². The second-order valence-corrected chi connectivity index (χ2v) is 5.23. The Bertz CT molecular complexity index is 570. The van der Waals surface area contributed by atoms with Crippen molar-refractivity contribution in [3.8, 4) is 0 Å². The molecule has 0 spiro atoms. The Morgan fingerprint density at radius 2 is 2.00 bits per heavy atom. The maximum absolute atomic E-state index is 6.08. The number of hydrogen-bond donors (Lipinski definition) is 1.